The minimum absolute atomic E-state index is 0.0849. The molecule has 0 saturated carbocycles. The van der Waals surface area contributed by atoms with Crippen LogP contribution < -0.4 is 4.74 Å². The van der Waals surface area contributed by atoms with Gasteiger partial charge >= 0.3 is 5.97 Å². The molecule has 1 N–H and O–H groups in total. The number of ether oxygens (including phenoxy) is 1. The number of halogens is 1. The molecule has 0 saturated heterocycles. The summed E-state index contributed by atoms with van der Waals surface area (Å²) in [6, 6.07) is 5.02. The van der Waals surface area contributed by atoms with Gasteiger partial charge in [0.1, 0.15) is 12.3 Å². The number of hydrogen-bond acceptors (Lipinski definition) is 3. The largest absolute Gasteiger partial charge is 0.481 e. The van der Waals surface area contributed by atoms with Gasteiger partial charge in [-0.15, -0.1) is 6.42 Å². The van der Waals surface area contributed by atoms with Crippen molar-refractivity contribution in [2.24, 2.45) is 0 Å². The van der Waals surface area contributed by atoms with Crippen molar-refractivity contribution >= 4 is 23.5 Å². The monoisotopic (exact) mass is 309 g/mol. The van der Waals surface area contributed by atoms with E-state index in [0.717, 1.165) is 10.5 Å². The van der Waals surface area contributed by atoms with E-state index in [1.807, 2.05) is 0 Å². The van der Waals surface area contributed by atoms with Gasteiger partial charge < -0.3 is 14.7 Å². The molecular weight excluding hydrogens is 294 g/mol. The van der Waals surface area contributed by atoms with Crippen LogP contribution >= 0.6 is 11.6 Å². The molecule has 1 atom stereocenters. The summed E-state index contributed by atoms with van der Waals surface area (Å²) >= 11 is 5.85. The standard InChI is InChI=1S/C15H16ClNO4/c1-4-7-17(9-14(18)19)15(20)11(3)21-13-6-5-12(16)8-10(13)2/h1,5-6,8,11H,7,9H2,2-3H3,(H,18,19). The number of carbonyl (C=O) groups is 2. The number of rotatable bonds is 6. The number of carboxylic acid groups (broad SMARTS) is 1. The molecule has 1 rings (SSSR count). The SMILES string of the molecule is C#CCN(CC(=O)O)C(=O)C(C)Oc1ccc(Cl)cc1C. The molecule has 0 bridgehead atoms. The Bertz CT molecular complexity index is 580. The maximum Gasteiger partial charge on any atom is 0.323 e. The van der Waals surface area contributed by atoms with E-state index in [9.17, 15) is 9.59 Å². The van der Waals surface area contributed by atoms with Gasteiger partial charge in [0.25, 0.3) is 5.91 Å². The lowest BCUT2D eigenvalue weighted by Crippen LogP contribution is -2.43. The molecule has 112 valence electrons. The van der Waals surface area contributed by atoms with Crippen LogP contribution in [-0.2, 0) is 9.59 Å². The lowest BCUT2D eigenvalue weighted by Gasteiger charge is -2.23. The van der Waals surface area contributed by atoms with Crippen LogP contribution in [0.3, 0.4) is 0 Å². The van der Waals surface area contributed by atoms with Gasteiger partial charge in [0.2, 0.25) is 0 Å². The number of terminal acetylenes is 1. The van der Waals surface area contributed by atoms with Crippen molar-refractivity contribution in [3.8, 4) is 18.1 Å². The minimum atomic E-state index is -1.13. The molecule has 5 nitrogen and oxygen atoms in total. The third-order valence-corrected chi connectivity index (χ3v) is 2.94. The number of amides is 1. The molecule has 0 radical (unpaired) electrons. The fourth-order valence-electron chi connectivity index (χ4n) is 1.73. The number of nitrogens with zero attached hydrogens (tertiary/aromatic N) is 1. The second-order valence-electron chi connectivity index (χ2n) is 4.46. The van der Waals surface area contributed by atoms with Crippen LogP contribution in [-0.4, -0.2) is 41.1 Å². The number of carboxylic acids is 1. The molecule has 1 amide bonds. The Morgan fingerprint density at radius 2 is 2.19 bits per heavy atom. The van der Waals surface area contributed by atoms with Crippen molar-refractivity contribution in [3.63, 3.8) is 0 Å². The van der Waals surface area contributed by atoms with Crippen LogP contribution in [0, 0.1) is 19.3 Å². The number of aliphatic carboxylic acids is 1. The van der Waals surface area contributed by atoms with E-state index in [1.165, 1.54) is 0 Å². The third-order valence-electron chi connectivity index (χ3n) is 2.71. The summed E-state index contributed by atoms with van der Waals surface area (Å²) < 4.78 is 5.56. The van der Waals surface area contributed by atoms with E-state index >= 15 is 0 Å². The fraction of sp³-hybridized carbons (Fsp3) is 0.333. The molecule has 0 heterocycles. The highest BCUT2D eigenvalue weighted by atomic mass is 35.5. The zero-order valence-corrected chi connectivity index (χ0v) is 12.6. The van der Waals surface area contributed by atoms with Gasteiger partial charge in [0.15, 0.2) is 6.10 Å². The lowest BCUT2D eigenvalue weighted by molar-refractivity contribution is -0.146. The van der Waals surface area contributed by atoms with Crippen molar-refractivity contribution in [3.05, 3.63) is 28.8 Å². The van der Waals surface area contributed by atoms with E-state index < -0.39 is 24.5 Å². The molecule has 0 aliphatic heterocycles. The van der Waals surface area contributed by atoms with Crippen molar-refractivity contribution in [1.82, 2.24) is 4.90 Å². The maximum absolute atomic E-state index is 12.2. The highest BCUT2D eigenvalue weighted by Gasteiger charge is 2.23. The van der Waals surface area contributed by atoms with Crippen LogP contribution in [0.5, 0.6) is 5.75 Å². The van der Waals surface area contributed by atoms with E-state index in [0.29, 0.717) is 10.8 Å². The Morgan fingerprint density at radius 3 is 2.71 bits per heavy atom. The van der Waals surface area contributed by atoms with Crippen molar-refractivity contribution in [2.45, 2.75) is 20.0 Å². The third kappa shape index (κ3) is 5.01. The summed E-state index contributed by atoms with van der Waals surface area (Å²) in [6.45, 7) is 2.80. The second kappa shape index (κ2) is 7.55. The number of aryl methyl sites for hydroxylation is 1. The Labute approximate surface area is 128 Å². The summed E-state index contributed by atoms with van der Waals surface area (Å²) in [5.74, 6) is 1.16. The summed E-state index contributed by atoms with van der Waals surface area (Å²) in [6.07, 6.45) is 4.29. The molecule has 0 aliphatic carbocycles. The quantitative estimate of drug-likeness (QED) is 0.816. The Morgan fingerprint density at radius 1 is 1.52 bits per heavy atom. The molecule has 21 heavy (non-hydrogen) atoms. The summed E-state index contributed by atoms with van der Waals surface area (Å²) in [7, 11) is 0. The smallest absolute Gasteiger partial charge is 0.323 e. The number of benzene rings is 1. The van der Waals surface area contributed by atoms with Gasteiger partial charge in [0.05, 0.1) is 6.54 Å². The van der Waals surface area contributed by atoms with Crippen molar-refractivity contribution < 1.29 is 19.4 Å². The van der Waals surface area contributed by atoms with Crippen LogP contribution in [0.1, 0.15) is 12.5 Å². The van der Waals surface area contributed by atoms with Gasteiger partial charge in [-0.25, -0.2) is 0 Å². The predicted molar refractivity (Wildman–Crippen MR) is 79.3 cm³/mol. The highest BCUT2D eigenvalue weighted by molar-refractivity contribution is 6.30. The molecular formula is C15H16ClNO4. The zero-order valence-electron chi connectivity index (χ0n) is 11.8. The van der Waals surface area contributed by atoms with Crippen LogP contribution in [0.4, 0.5) is 0 Å². The van der Waals surface area contributed by atoms with E-state index in [1.54, 1.807) is 32.0 Å². The van der Waals surface area contributed by atoms with Gasteiger partial charge in [-0.2, -0.15) is 0 Å². The summed E-state index contributed by atoms with van der Waals surface area (Å²) in [5.41, 5.74) is 0.781. The number of carbonyl (C=O) groups excluding carboxylic acids is 1. The lowest BCUT2D eigenvalue weighted by atomic mass is 10.2. The van der Waals surface area contributed by atoms with Gasteiger partial charge in [-0.1, -0.05) is 17.5 Å². The number of hydrogen-bond donors (Lipinski definition) is 1. The van der Waals surface area contributed by atoms with Crippen molar-refractivity contribution in [1.29, 1.82) is 0 Å². The van der Waals surface area contributed by atoms with Crippen LogP contribution in [0.25, 0.3) is 0 Å². The van der Waals surface area contributed by atoms with Crippen LogP contribution in [0.15, 0.2) is 18.2 Å². The van der Waals surface area contributed by atoms with E-state index in [4.69, 9.17) is 27.9 Å². The average molecular weight is 310 g/mol. The van der Waals surface area contributed by atoms with Gasteiger partial charge in [0, 0.05) is 5.02 Å². The zero-order chi connectivity index (χ0) is 16.0. The van der Waals surface area contributed by atoms with E-state index in [-0.39, 0.29) is 6.54 Å². The minimum Gasteiger partial charge on any atom is -0.481 e. The molecule has 1 aromatic carbocycles. The van der Waals surface area contributed by atoms with Gasteiger partial charge in [-0.05, 0) is 37.6 Å². The van der Waals surface area contributed by atoms with Crippen LogP contribution in [0.2, 0.25) is 5.02 Å². The molecule has 0 fully saturated rings. The molecule has 0 spiro atoms. The molecule has 1 unspecified atom stereocenters. The Hall–Kier alpha value is -2.19. The molecule has 0 aromatic heterocycles. The normalized spacial score (nSPS) is 11.3. The Kier molecular flexibility index (Phi) is 6.07. The summed E-state index contributed by atoms with van der Waals surface area (Å²) in [5, 5.41) is 9.36. The highest BCUT2D eigenvalue weighted by Crippen LogP contribution is 2.23. The molecule has 1 aromatic rings. The Balaban J connectivity index is 2.81. The maximum atomic E-state index is 12.2. The fourth-order valence-corrected chi connectivity index (χ4v) is 1.95. The van der Waals surface area contributed by atoms with Gasteiger partial charge in [-0.3, -0.25) is 9.59 Å². The second-order valence-corrected chi connectivity index (χ2v) is 4.90. The topological polar surface area (TPSA) is 66.8 Å². The summed E-state index contributed by atoms with van der Waals surface area (Å²) in [4.78, 5) is 24.0. The molecule has 6 heteroatoms. The average Bonchev–Trinajstić information content (AvgIpc) is 2.40. The van der Waals surface area contributed by atoms with E-state index in [2.05, 4.69) is 5.92 Å². The van der Waals surface area contributed by atoms with Crippen molar-refractivity contribution in [2.75, 3.05) is 13.1 Å². The predicted octanol–water partition coefficient (Wildman–Crippen LogP) is 1.96. The first kappa shape index (κ1) is 16.9. The first-order valence-electron chi connectivity index (χ1n) is 6.22. The first-order chi connectivity index (χ1) is 9.85. The first-order valence-corrected chi connectivity index (χ1v) is 6.59. The molecule has 0 aliphatic rings.